The van der Waals surface area contributed by atoms with E-state index in [-0.39, 0.29) is 6.04 Å². The highest BCUT2D eigenvalue weighted by Crippen LogP contribution is 2.13. The van der Waals surface area contributed by atoms with E-state index in [2.05, 4.69) is 9.97 Å². The molecule has 0 aromatic carbocycles. The predicted molar refractivity (Wildman–Crippen MR) is 62.8 cm³/mol. The number of rotatable bonds is 3. The second-order valence-corrected chi connectivity index (χ2v) is 4.02. The van der Waals surface area contributed by atoms with Crippen LogP contribution in [-0.2, 0) is 13.5 Å². The fraction of sp³-hybridized carbons (Fsp3) is 0.333. The molecule has 2 rings (SSSR count). The first-order valence-electron chi connectivity index (χ1n) is 5.31. The average molecular weight is 216 g/mol. The third kappa shape index (κ3) is 2.28. The molecule has 0 aliphatic rings. The highest BCUT2D eigenvalue weighted by atomic mass is 15.0. The zero-order valence-electron chi connectivity index (χ0n) is 9.59. The molecule has 2 aromatic heterocycles. The second-order valence-electron chi connectivity index (χ2n) is 4.02. The molecule has 0 fully saturated rings. The van der Waals surface area contributed by atoms with Crippen molar-refractivity contribution in [2.45, 2.75) is 19.4 Å². The number of nitrogens with two attached hydrogens (primary N) is 1. The molecule has 0 spiro atoms. The summed E-state index contributed by atoms with van der Waals surface area (Å²) in [6.45, 7) is 2.04. The van der Waals surface area contributed by atoms with E-state index in [0.29, 0.717) is 6.42 Å². The van der Waals surface area contributed by atoms with E-state index in [1.165, 1.54) is 5.56 Å². The lowest BCUT2D eigenvalue weighted by Gasteiger charge is -2.11. The van der Waals surface area contributed by atoms with E-state index in [4.69, 9.17) is 5.73 Å². The molecular formula is C12H16N4. The normalized spacial score (nSPS) is 12.7. The smallest absolute Gasteiger partial charge is 0.110 e. The van der Waals surface area contributed by atoms with Gasteiger partial charge in [-0.15, -0.1) is 0 Å². The van der Waals surface area contributed by atoms with E-state index in [9.17, 15) is 0 Å². The van der Waals surface area contributed by atoms with Gasteiger partial charge in [-0.1, -0.05) is 0 Å². The molecule has 0 aliphatic heterocycles. The molecule has 0 saturated heterocycles. The molecule has 1 unspecified atom stereocenters. The molecule has 4 heteroatoms. The fourth-order valence-electron chi connectivity index (χ4n) is 1.66. The Morgan fingerprint density at radius 1 is 1.38 bits per heavy atom. The zero-order chi connectivity index (χ0) is 11.5. The van der Waals surface area contributed by atoms with E-state index in [1.807, 2.05) is 36.9 Å². The molecule has 2 aromatic rings. The number of hydrogen-bond donors (Lipinski definition) is 1. The van der Waals surface area contributed by atoms with Crippen molar-refractivity contribution in [1.82, 2.24) is 14.5 Å². The van der Waals surface area contributed by atoms with Crippen molar-refractivity contribution in [2.24, 2.45) is 12.8 Å². The van der Waals surface area contributed by atoms with Crippen LogP contribution >= 0.6 is 0 Å². The number of hydrogen-bond acceptors (Lipinski definition) is 3. The van der Waals surface area contributed by atoms with Crippen molar-refractivity contribution in [1.29, 1.82) is 0 Å². The van der Waals surface area contributed by atoms with Gasteiger partial charge in [0.15, 0.2) is 0 Å². The third-order valence-corrected chi connectivity index (χ3v) is 2.64. The largest absolute Gasteiger partial charge is 0.338 e. The van der Waals surface area contributed by atoms with Crippen LogP contribution in [0.15, 0.2) is 30.7 Å². The van der Waals surface area contributed by atoms with Gasteiger partial charge in [0.2, 0.25) is 0 Å². The molecule has 0 bridgehead atoms. The van der Waals surface area contributed by atoms with Gasteiger partial charge in [0.25, 0.3) is 0 Å². The van der Waals surface area contributed by atoms with Gasteiger partial charge in [-0.2, -0.15) is 0 Å². The van der Waals surface area contributed by atoms with Crippen LogP contribution < -0.4 is 5.73 Å². The van der Waals surface area contributed by atoms with E-state index in [1.54, 1.807) is 12.4 Å². The van der Waals surface area contributed by atoms with Gasteiger partial charge in [0.05, 0.1) is 11.7 Å². The maximum Gasteiger partial charge on any atom is 0.110 e. The molecule has 4 nitrogen and oxygen atoms in total. The number of nitrogens with zero attached hydrogens (tertiary/aromatic N) is 3. The van der Waals surface area contributed by atoms with Crippen LogP contribution in [0, 0.1) is 6.92 Å². The van der Waals surface area contributed by atoms with Crippen LogP contribution in [0.1, 0.15) is 23.1 Å². The minimum atomic E-state index is -0.0963. The van der Waals surface area contributed by atoms with Gasteiger partial charge in [-0.3, -0.25) is 4.98 Å². The van der Waals surface area contributed by atoms with Crippen molar-refractivity contribution >= 4 is 0 Å². The number of imidazole rings is 1. The minimum absolute atomic E-state index is 0.0963. The van der Waals surface area contributed by atoms with Crippen molar-refractivity contribution < 1.29 is 0 Å². The van der Waals surface area contributed by atoms with E-state index in [0.717, 1.165) is 11.5 Å². The topological polar surface area (TPSA) is 56.7 Å². The summed E-state index contributed by atoms with van der Waals surface area (Å²) >= 11 is 0. The Balaban J connectivity index is 2.14. The van der Waals surface area contributed by atoms with Gasteiger partial charge in [-0.25, -0.2) is 4.98 Å². The number of aryl methyl sites for hydroxylation is 2. The molecule has 0 saturated carbocycles. The Kier molecular flexibility index (Phi) is 3.01. The molecule has 0 radical (unpaired) electrons. The standard InChI is InChI=1S/C12H16N4/c1-9-3-4-14-11(7-9)10(13)8-12-15-5-6-16(12)2/h3-7,10H,8,13H2,1-2H3. The molecule has 0 aliphatic carbocycles. The highest BCUT2D eigenvalue weighted by molar-refractivity contribution is 5.18. The predicted octanol–water partition coefficient (Wildman–Crippen LogP) is 1.37. The van der Waals surface area contributed by atoms with Gasteiger partial charge in [0, 0.05) is 32.1 Å². The Morgan fingerprint density at radius 3 is 2.81 bits per heavy atom. The van der Waals surface area contributed by atoms with Crippen molar-refractivity contribution in [3.63, 3.8) is 0 Å². The van der Waals surface area contributed by atoms with Gasteiger partial charge in [0.1, 0.15) is 5.82 Å². The monoisotopic (exact) mass is 216 g/mol. The van der Waals surface area contributed by atoms with Crippen molar-refractivity contribution in [3.05, 3.63) is 47.8 Å². The summed E-state index contributed by atoms with van der Waals surface area (Å²) in [6, 6.07) is 3.89. The van der Waals surface area contributed by atoms with Gasteiger partial charge < -0.3 is 10.3 Å². The first-order valence-corrected chi connectivity index (χ1v) is 5.31. The lowest BCUT2D eigenvalue weighted by molar-refractivity contribution is 0.643. The molecule has 84 valence electrons. The molecular weight excluding hydrogens is 200 g/mol. The number of aromatic nitrogens is 3. The Labute approximate surface area is 95.1 Å². The third-order valence-electron chi connectivity index (χ3n) is 2.64. The zero-order valence-corrected chi connectivity index (χ0v) is 9.59. The summed E-state index contributed by atoms with van der Waals surface area (Å²) in [5, 5.41) is 0. The number of pyridine rings is 1. The lowest BCUT2D eigenvalue weighted by Crippen LogP contribution is -2.17. The summed E-state index contributed by atoms with van der Waals surface area (Å²) in [5.74, 6) is 0.982. The maximum absolute atomic E-state index is 6.11. The summed E-state index contributed by atoms with van der Waals surface area (Å²) in [6.07, 6.45) is 6.21. The molecule has 2 heterocycles. The maximum atomic E-state index is 6.11. The Hall–Kier alpha value is -1.68. The van der Waals surface area contributed by atoms with Crippen LogP contribution in [0.5, 0.6) is 0 Å². The average Bonchev–Trinajstić information content (AvgIpc) is 2.64. The van der Waals surface area contributed by atoms with Gasteiger partial charge in [-0.05, 0) is 24.6 Å². The summed E-state index contributed by atoms with van der Waals surface area (Å²) < 4.78 is 1.98. The second kappa shape index (κ2) is 4.45. The Morgan fingerprint density at radius 2 is 2.19 bits per heavy atom. The molecule has 1 atom stereocenters. The quantitative estimate of drug-likeness (QED) is 0.843. The first-order chi connectivity index (χ1) is 7.66. The summed E-state index contributed by atoms with van der Waals surface area (Å²) in [7, 11) is 1.97. The summed E-state index contributed by atoms with van der Waals surface area (Å²) in [5.41, 5.74) is 8.21. The molecule has 0 amide bonds. The van der Waals surface area contributed by atoms with Crippen LogP contribution in [0.2, 0.25) is 0 Å². The lowest BCUT2D eigenvalue weighted by atomic mass is 10.1. The van der Waals surface area contributed by atoms with Crippen LogP contribution in [-0.4, -0.2) is 14.5 Å². The fourth-order valence-corrected chi connectivity index (χ4v) is 1.66. The molecule has 2 N–H and O–H groups in total. The van der Waals surface area contributed by atoms with Crippen LogP contribution in [0.25, 0.3) is 0 Å². The Bertz CT molecular complexity index is 475. The van der Waals surface area contributed by atoms with Crippen molar-refractivity contribution in [3.8, 4) is 0 Å². The first kappa shape index (κ1) is 10.8. The van der Waals surface area contributed by atoms with Crippen molar-refractivity contribution in [2.75, 3.05) is 0 Å². The minimum Gasteiger partial charge on any atom is -0.338 e. The van der Waals surface area contributed by atoms with E-state index >= 15 is 0 Å². The van der Waals surface area contributed by atoms with Gasteiger partial charge >= 0.3 is 0 Å². The molecule has 16 heavy (non-hydrogen) atoms. The highest BCUT2D eigenvalue weighted by Gasteiger charge is 2.11. The summed E-state index contributed by atoms with van der Waals surface area (Å²) in [4.78, 5) is 8.55. The SMILES string of the molecule is Cc1ccnc(C(N)Cc2nccn2C)c1. The van der Waals surface area contributed by atoms with E-state index < -0.39 is 0 Å². The van der Waals surface area contributed by atoms with Crippen LogP contribution in [0.3, 0.4) is 0 Å². The van der Waals surface area contributed by atoms with Crippen LogP contribution in [0.4, 0.5) is 0 Å².